The molecule has 2 aromatic rings. The number of aromatic nitrogens is 4. The summed E-state index contributed by atoms with van der Waals surface area (Å²) < 4.78 is 17.4. The molecule has 0 radical (unpaired) electrons. The molecule has 2 rings (SSSR count). The molecule has 5 N–H and O–H groups in total. The Bertz CT molecular complexity index is 807. The van der Waals surface area contributed by atoms with Crippen molar-refractivity contribution in [3.63, 3.8) is 0 Å². The van der Waals surface area contributed by atoms with Crippen molar-refractivity contribution in [2.45, 2.75) is 19.6 Å². The zero-order valence-corrected chi connectivity index (χ0v) is 12.7. The van der Waals surface area contributed by atoms with Crippen LogP contribution in [0.3, 0.4) is 0 Å². The third-order valence-electron chi connectivity index (χ3n) is 2.93. The van der Waals surface area contributed by atoms with Gasteiger partial charge >= 0.3 is 7.60 Å². The lowest BCUT2D eigenvalue weighted by Gasteiger charge is -2.16. The number of nitrogen functional groups attached to an aromatic ring is 1. The lowest BCUT2D eigenvalue weighted by Crippen LogP contribution is -2.17. The molecule has 0 bridgehead atoms. The number of hydrogen-bond acceptors (Lipinski definition) is 6. The van der Waals surface area contributed by atoms with Crippen LogP contribution in [0.5, 0.6) is 0 Å². The summed E-state index contributed by atoms with van der Waals surface area (Å²) in [5.41, 5.74) is 6.03. The normalized spacial score (nSPS) is 13.4. The van der Waals surface area contributed by atoms with Crippen LogP contribution in [0.4, 0.5) is 5.95 Å². The van der Waals surface area contributed by atoms with Gasteiger partial charge in [-0.25, -0.2) is 4.98 Å². The fourth-order valence-corrected chi connectivity index (χ4v) is 2.18. The van der Waals surface area contributed by atoms with Gasteiger partial charge in [0.05, 0.1) is 12.4 Å². The number of H-pyrrole nitrogens is 1. The highest BCUT2D eigenvalue weighted by atomic mass is 31.2. The summed E-state index contributed by atoms with van der Waals surface area (Å²) in [6.07, 6.45) is 0.125. The number of aromatic amines is 1. The van der Waals surface area contributed by atoms with E-state index in [1.807, 2.05) is 0 Å². The minimum absolute atomic E-state index is 0.0318. The molecule has 1 atom stereocenters. The van der Waals surface area contributed by atoms with Crippen LogP contribution in [-0.2, 0) is 15.8 Å². The highest BCUT2D eigenvalue weighted by Gasteiger charge is 2.18. The molecule has 0 fully saturated rings. The largest absolute Gasteiger partial charge is 0.369 e. The van der Waals surface area contributed by atoms with Gasteiger partial charge < -0.3 is 24.8 Å². The fraction of sp³-hybridized carbons (Fsp3) is 0.364. The minimum Gasteiger partial charge on any atom is -0.369 e. The number of nitrogens with zero attached hydrogens (tertiary/aromatic N) is 3. The maximum atomic E-state index is 11.7. The van der Waals surface area contributed by atoms with Crippen molar-refractivity contribution in [2.75, 3.05) is 12.1 Å². The average molecular weight is 329 g/mol. The van der Waals surface area contributed by atoms with Gasteiger partial charge in [-0.2, -0.15) is 4.98 Å². The SMILES string of the molecule is C=C(Cn1cnc2c(=O)[nH]c(N)nc21)C(C)OCP(=O)(O)O. The molecule has 2 heterocycles. The third kappa shape index (κ3) is 3.80. The van der Waals surface area contributed by atoms with Gasteiger partial charge in [-0.1, -0.05) is 6.58 Å². The summed E-state index contributed by atoms with van der Waals surface area (Å²) in [7, 11) is -4.24. The Labute approximate surface area is 124 Å². The van der Waals surface area contributed by atoms with Crippen LogP contribution in [0.15, 0.2) is 23.3 Å². The van der Waals surface area contributed by atoms with E-state index in [0.717, 1.165) is 0 Å². The smallest absolute Gasteiger partial charge is 0.351 e. The molecule has 120 valence electrons. The van der Waals surface area contributed by atoms with Gasteiger partial charge in [0, 0.05) is 6.54 Å². The Morgan fingerprint density at radius 2 is 2.32 bits per heavy atom. The maximum Gasteiger partial charge on any atom is 0.351 e. The number of nitrogens with one attached hydrogen (secondary N) is 1. The number of ether oxygens (including phenoxy) is 1. The number of hydrogen-bond donors (Lipinski definition) is 4. The summed E-state index contributed by atoms with van der Waals surface area (Å²) in [6, 6.07) is 0. The second-order valence-corrected chi connectivity index (χ2v) is 6.34. The van der Waals surface area contributed by atoms with E-state index in [0.29, 0.717) is 11.2 Å². The quantitative estimate of drug-likeness (QED) is 0.419. The van der Waals surface area contributed by atoms with E-state index in [-0.39, 0.29) is 18.0 Å². The monoisotopic (exact) mass is 329 g/mol. The van der Waals surface area contributed by atoms with E-state index in [4.69, 9.17) is 20.3 Å². The Kier molecular flexibility index (Phi) is 4.47. The topological polar surface area (TPSA) is 156 Å². The summed E-state index contributed by atoms with van der Waals surface area (Å²) >= 11 is 0. The van der Waals surface area contributed by atoms with Crippen LogP contribution in [0.2, 0.25) is 0 Å². The first kappa shape index (κ1) is 16.4. The molecular formula is C11H16N5O5P. The van der Waals surface area contributed by atoms with E-state index >= 15 is 0 Å². The van der Waals surface area contributed by atoms with Crippen molar-refractivity contribution in [2.24, 2.45) is 0 Å². The lowest BCUT2D eigenvalue weighted by atomic mass is 10.2. The molecule has 0 saturated carbocycles. The Morgan fingerprint density at radius 3 is 2.95 bits per heavy atom. The molecule has 0 aliphatic heterocycles. The molecule has 22 heavy (non-hydrogen) atoms. The zero-order chi connectivity index (χ0) is 16.5. The predicted molar refractivity (Wildman–Crippen MR) is 79.2 cm³/mol. The summed E-state index contributed by atoms with van der Waals surface area (Å²) in [4.78, 5) is 39.5. The molecule has 1 unspecified atom stereocenters. The van der Waals surface area contributed by atoms with Crippen molar-refractivity contribution in [1.82, 2.24) is 19.5 Å². The van der Waals surface area contributed by atoms with Crippen LogP contribution in [0, 0.1) is 0 Å². The van der Waals surface area contributed by atoms with Crippen LogP contribution in [0.1, 0.15) is 6.92 Å². The number of imidazole rings is 1. The van der Waals surface area contributed by atoms with Gasteiger partial charge in [0.15, 0.2) is 11.2 Å². The van der Waals surface area contributed by atoms with E-state index in [9.17, 15) is 9.36 Å². The molecular weight excluding hydrogens is 313 g/mol. The number of nitrogens with two attached hydrogens (primary N) is 1. The number of fused-ring (bicyclic) bond motifs is 1. The minimum atomic E-state index is -4.24. The van der Waals surface area contributed by atoms with Gasteiger partial charge in [-0.05, 0) is 12.5 Å². The highest BCUT2D eigenvalue weighted by molar-refractivity contribution is 7.51. The second-order valence-electron chi connectivity index (χ2n) is 4.76. The zero-order valence-electron chi connectivity index (χ0n) is 11.8. The molecule has 10 nitrogen and oxygen atoms in total. The second kappa shape index (κ2) is 6.01. The molecule has 11 heteroatoms. The van der Waals surface area contributed by atoms with Crippen LogP contribution in [-0.4, -0.2) is 41.8 Å². The molecule has 0 amide bonds. The number of anilines is 1. The first-order valence-electron chi connectivity index (χ1n) is 6.22. The fourth-order valence-electron chi connectivity index (χ4n) is 1.76. The standard InChI is InChI=1S/C11H16N5O5P/c1-6(7(2)21-5-22(18,19)20)3-16-4-13-8-9(16)14-11(12)15-10(8)17/h4,7H,1,3,5H2,2H3,(H2,18,19,20)(H3,12,14,15,17). The lowest BCUT2D eigenvalue weighted by molar-refractivity contribution is 0.110. The average Bonchev–Trinajstić information content (AvgIpc) is 2.78. The van der Waals surface area contributed by atoms with Gasteiger partial charge in [0.2, 0.25) is 5.95 Å². The van der Waals surface area contributed by atoms with Crippen molar-refractivity contribution < 1.29 is 19.1 Å². The summed E-state index contributed by atoms with van der Waals surface area (Å²) in [5.74, 6) is -0.0318. The Hall–Kier alpha value is -2.00. The molecule has 0 saturated heterocycles. The van der Waals surface area contributed by atoms with Crippen molar-refractivity contribution in [3.8, 4) is 0 Å². The van der Waals surface area contributed by atoms with E-state index in [1.54, 1.807) is 11.5 Å². The van der Waals surface area contributed by atoms with Crippen molar-refractivity contribution in [3.05, 3.63) is 28.8 Å². The molecule has 0 aliphatic carbocycles. The van der Waals surface area contributed by atoms with Gasteiger partial charge in [0.25, 0.3) is 5.56 Å². The first-order valence-corrected chi connectivity index (χ1v) is 8.01. The third-order valence-corrected chi connectivity index (χ3v) is 3.42. The molecule has 2 aromatic heterocycles. The first-order chi connectivity index (χ1) is 10.2. The van der Waals surface area contributed by atoms with E-state index < -0.39 is 25.6 Å². The van der Waals surface area contributed by atoms with E-state index in [2.05, 4.69) is 21.5 Å². The summed E-state index contributed by atoms with van der Waals surface area (Å²) in [5, 5.41) is 0. The molecule has 0 aliphatic rings. The van der Waals surface area contributed by atoms with Gasteiger partial charge in [-0.3, -0.25) is 14.3 Å². The Morgan fingerprint density at radius 1 is 1.64 bits per heavy atom. The Balaban J connectivity index is 2.15. The van der Waals surface area contributed by atoms with Crippen molar-refractivity contribution >= 4 is 24.7 Å². The van der Waals surface area contributed by atoms with Gasteiger partial charge in [0.1, 0.15) is 6.35 Å². The summed E-state index contributed by atoms with van der Waals surface area (Å²) in [6.45, 7) is 5.64. The predicted octanol–water partition coefficient (Wildman–Crippen LogP) is -0.202. The molecule has 0 spiro atoms. The van der Waals surface area contributed by atoms with E-state index in [1.165, 1.54) is 6.33 Å². The maximum absolute atomic E-state index is 11.7. The van der Waals surface area contributed by atoms with Gasteiger partial charge in [-0.15, -0.1) is 0 Å². The van der Waals surface area contributed by atoms with Crippen LogP contribution < -0.4 is 11.3 Å². The van der Waals surface area contributed by atoms with Crippen LogP contribution in [0.25, 0.3) is 11.2 Å². The van der Waals surface area contributed by atoms with Crippen LogP contribution >= 0.6 is 7.60 Å². The highest BCUT2D eigenvalue weighted by Crippen LogP contribution is 2.34. The van der Waals surface area contributed by atoms with Crippen molar-refractivity contribution in [1.29, 1.82) is 0 Å². The molecule has 0 aromatic carbocycles. The number of rotatable bonds is 6.